The normalized spacial score (nSPS) is 13.2. The van der Waals surface area contributed by atoms with Crippen LogP contribution in [-0.4, -0.2) is 48.4 Å². The smallest absolute Gasteiger partial charge is 0.410 e. The van der Waals surface area contributed by atoms with E-state index in [2.05, 4.69) is 0 Å². The third-order valence-electron chi connectivity index (χ3n) is 3.46. The molecule has 0 heterocycles. The first-order valence-corrected chi connectivity index (χ1v) is 7.70. The van der Waals surface area contributed by atoms with E-state index in [4.69, 9.17) is 9.47 Å². The van der Waals surface area contributed by atoms with E-state index in [-0.39, 0.29) is 19.1 Å². The number of hydrogen-bond acceptors (Lipinski definition) is 4. The van der Waals surface area contributed by atoms with Crippen molar-refractivity contribution in [2.24, 2.45) is 5.92 Å². The van der Waals surface area contributed by atoms with Gasteiger partial charge in [-0.1, -0.05) is 44.2 Å². The lowest BCUT2D eigenvalue weighted by Crippen LogP contribution is -2.50. The fraction of sp³-hybridized carbons (Fsp3) is 0.529. The van der Waals surface area contributed by atoms with Crippen LogP contribution in [0.25, 0.3) is 0 Å². The molecule has 6 nitrogen and oxygen atoms in total. The van der Waals surface area contributed by atoms with E-state index in [1.807, 2.05) is 37.3 Å². The van der Waals surface area contributed by atoms with E-state index < -0.39 is 18.1 Å². The molecule has 0 bridgehead atoms. The van der Waals surface area contributed by atoms with Crippen molar-refractivity contribution in [2.75, 3.05) is 20.3 Å². The molecule has 0 aromatic heterocycles. The van der Waals surface area contributed by atoms with Crippen LogP contribution in [0.4, 0.5) is 4.79 Å². The summed E-state index contributed by atoms with van der Waals surface area (Å²) in [7, 11) is 1.51. The first kappa shape index (κ1) is 19.0. The van der Waals surface area contributed by atoms with Crippen LogP contribution >= 0.6 is 0 Å². The highest BCUT2D eigenvalue weighted by Crippen LogP contribution is 2.15. The Bertz CT molecular complexity index is 491. The molecular formula is C17H25NO5. The number of amides is 1. The van der Waals surface area contributed by atoms with Crippen molar-refractivity contribution in [2.45, 2.75) is 32.9 Å². The Morgan fingerprint density at radius 1 is 1.26 bits per heavy atom. The van der Waals surface area contributed by atoms with Gasteiger partial charge in [-0.05, 0) is 12.0 Å². The summed E-state index contributed by atoms with van der Waals surface area (Å²) in [5.74, 6) is -1.40. The Morgan fingerprint density at radius 2 is 1.91 bits per heavy atom. The first-order valence-electron chi connectivity index (χ1n) is 7.70. The number of hydrogen-bond donors (Lipinski definition) is 1. The highest BCUT2D eigenvalue weighted by molar-refractivity contribution is 5.80. The number of ether oxygens (including phenoxy) is 2. The molecule has 6 heteroatoms. The molecule has 0 saturated carbocycles. The predicted octanol–water partition coefficient (Wildman–Crippen LogP) is 2.77. The number of carboxylic acid groups (broad SMARTS) is 1. The summed E-state index contributed by atoms with van der Waals surface area (Å²) >= 11 is 0. The molecule has 23 heavy (non-hydrogen) atoms. The van der Waals surface area contributed by atoms with E-state index in [1.165, 1.54) is 12.0 Å². The number of rotatable bonds is 9. The van der Waals surface area contributed by atoms with Crippen LogP contribution in [-0.2, 0) is 20.9 Å². The maximum atomic E-state index is 12.4. The van der Waals surface area contributed by atoms with Crippen molar-refractivity contribution >= 4 is 12.1 Å². The van der Waals surface area contributed by atoms with Crippen LogP contribution < -0.4 is 0 Å². The van der Waals surface area contributed by atoms with Crippen LogP contribution in [0.2, 0.25) is 0 Å². The van der Waals surface area contributed by atoms with Crippen molar-refractivity contribution < 1.29 is 24.2 Å². The van der Waals surface area contributed by atoms with Gasteiger partial charge in [-0.15, -0.1) is 0 Å². The number of carboxylic acids is 1. The van der Waals surface area contributed by atoms with Crippen LogP contribution in [0, 0.1) is 5.92 Å². The minimum Gasteiger partial charge on any atom is -0.480 e. The summed E-state index contributed by atoms with van der Waals surface area (Å²) in [6.45, 7) is 4.32. The molecule has 0 radical (unpaired) electrons. The van der Waals surface area contributed by atoms with Crippen molar-refractivity contribution in [3.05, 3.63) is 35.9 Å². The van der Waals surface area contributed by atoms with E-state index in [9.17, 15) is 14.7 Å². The van der Waals surface area contributed by atoms with Gasteiger partial charge < -0.3 is 14.6 Å². The number of carbonyl (C=O) groups is 2. The minimum absolute atomic E-state index is 0.116. The molecule has 128 valence electrons. The summed E-state index contributed by atoms with van der Waals surface area (Å²) in [4.78, 5) is 25.2. The van der Waals surface area contributed by atoms with Gasteiger partial charge in [0.2, 0.25) is 0 Å². The van der Waals surface area contributed by atoms with Gasteiger partial charge >= 0.3 is 12.1 Å². The summed E-state index contributed by atoms with van der Waals surface area (Å²) in [6.07, 6.45) is 0.0234. The molecule has 0 aliphatic heterocycles. The van der Waals surface area contributed by atoms with Gasteiger partial charge in [-0.2, -0.15) is 0 Å². The molecule has 1 rings (SSSR count). The molecule has 0 fully saturated rings. The number of benzene rings is 1. The topological polar surface area (TPSA) is 76.1 Å². The third-order valence-corrected chi connectivity index (χ3v) is 3.46. The van der Waals surface area contributed by atoms with Gasteiger partial charge in [-0.3, -0.25) is 4.90 Å². The fourth-order valence-electron chi connectivity index (χ4n) is 2.42. The standard InChI is InChI=1S/C17H25NO5/c1-4-10-18(15(16(19)20)13(2)11-22-3)17(21)23-12-14-8-6-5-7-9-14/h5-9,13,15H,4,10-12H2,1-3H3,(H,19,20). The van der Waals surface area contributed by atoms with E-state index in [0.29, 0.717) is 13.0 Å². The first-order chi connectivity index (χ1) is 11.0. The van der Waals surface area contributed by atoms with E-state index in [0.717, 1.165) is 5.56 Å². The maximum Gasteiger partial charge on any atom is 0.410 e. The molecule has 1 aromatic carbocycles. The molecule has 2 atom stereocenters. The highest BCUT2D eigenvalue weighted by atomic mass is 16.6. The van der Waals surface area contributed by atoms with Crippen LogP contribution in [0.15, 0.2) is 30.3 Å². The number of methoxy groups -OCH3 is 1. The van der Waals surface area contributed by atoms with E-state index >= 15 is 0 Å². The minimum atomic E-state index is -1.06. The molecule has 0 aliphatic carbocycles. The van der Waals surface area contributed by atoms with Gasteiger partial charge in [0.1, 0.15) is 12.6 Å². The summed E-state index contributed by atoms with van der Waals surface area (Å²) in [5.41, 5.74) is 0.856. The number of aliphatic carboxylic acids is 1. The number of nitrogens with zero attached hydrogens (tertiary/aromatic N) is 1. The largest absolute Gasteiger partial charge is 0.480 e. The lowest BCUT2D eigenvalue weighted by molar-refractivity contribution is -0.145. The molecule has 1 aromatic rings. The van der Waals surface area contributed by atoms with Crippen molar-refractivity contribution in [1.29, 1.82) is 0 Å². The highest BCUT2D eigenvalue weighted by Gasteiger charge is 2.34. The second kappa shape index (κ2) is 9.84. The molecular weight excluding hydrogens is 298 g/mol. The fourth-order valence-corrected chi connectivity index (χ4v) is 2.42. The van der Waals surface area contributed by atoms with Crippen LogP contribution in [0.3, 0.4) is 0 Å². The number of carbonyl (C=O) groups excluding carboxylic acids is 1. The maximum absolute atomic E-state index is 12.4. The second-order valence-electron chi connectivity index (χ2n) is 5.45. The van der Waals surface area contributed by atoms with Crippen LogP contribution in [0.1, 0.15) is 25.8 Å². The van der Waals surface area contributed by atoms with Gasteiger partial charge in [0, 0.05) is 19.6 Å². The average Bonchev–Trinajstić information content (AvgIpc) is 2.53. The predicted molar refractivity (Wildman–Crippen MR) is 86.1 cm³/mol. The second-order valence-corrected chi connectivity index (χ2v) is 5.45. The Balaban J connectivity index is 2.80. The lowest BCUT2D eigenvalue weighted by Gasteiger charge is -2.31. The Morgan fingerprint density at radius 3 is 2.43 bits per heavy atom. The van der Waals surface area contributed by atoms with Crippen molar-refractivity contribution in [3.8, 4) is 0 Å². The zero-order valence-electron chi connectivity index (χ0n) is 13.9. The molecule has 1 N–H and O–H groups in total. The monoisotopic (exact) mass is 323 g/mol. The van der Waals surface area contributed by atoms with Gasteiger partial charge in [0.05, 0.1) is 6.61 Å². The summed E-state index contributed by atoms with van der Waals surface area (Å²) in [6, 6.07) is 8.31. The van der Waals surface area contributed by atoms with E-state index in [1.54, 1.807) is 6.92 Å². The zero-order valence-corrected chi connectivity index (χ0v) is 13.9. The summed E-state index contributed by atoms with van der Waals surface area (Å²) in [5, 5.41) is 9.50. The Hall–Kier alpha value is -2.08. The molecule has 1 amide bonds. The summed E-state index contributed by atoms with van der Waals surface area (Å²) < 4.78 is 10.3. The quantitative estimate of drug-likeness (QED) is 0.756. The molecule has 2 unspecified atom stereocenters. The molecule has 0 saturated heterocycles. The molecule has 0 aliphatic rings. The van der Waals surface area contributed by atoms with Gasteiger partial charge in [0.25, 0.3) is 0 Å². The van der Waals surface area contributed by atoms with Crippen molar-refractivity contribution in [3.63, 3.8) is 0 Å². The third kappa shape index (κ3) is 5.90. The molecule has 0 spiro atoms. The Labute approximate surface area is 137 Å². The average molecular weight is 323 g/mol. The lowest BCUT2D eigenvalue weighted by atomic mass is 10.0. The zero-order chi connectivity index (χ0) is 17.2. The Kier molecular flexibility index (Phi) is 8.11. The van der Waals surface area contributed by atoms with Crippen LogP contribution in [0.5, 0.6) is 0 Å². The van der Waals surface area contributed by atoms with Gasteiger partial charge in [0.15, 0.2) is 0 Å². The van der Waals surface area contributed by atoms with Gasteiger partial charge in [-0.25, -0.2) is 9.59 Å². The SMILES string of the molecule is CCCN(C(=O)OCc1ccccc1)C(C(=O)O)C(C)COC. The van der Waals surface area contributed by atoms with Crippen molar-refractivity contribution in [1.82, 2.24) is 4.90 Å².